The maximum atomic E-state index is 6.37. The molecule has 0 bridgehead atoms. The zero-order valence-corrected chi connectivity index (χ0v) is 30.3. The summed E-state index contributed by atoms with van der Waals surface area (Å²) in [6.07, 6.45) is 0. The van der Waals surface area contributed by atoms with Gasteiger partial charge in [0.25, 0.3) is 0 Å². The van der Waals surface area contributed by atoms with Crippen molar-refractivity contribution in [2.45, 2.75) is 24.7 Å². The van der Waals surface area contributed by atoms with Crippen LogP contribution in [-0.4, -0.2) is 0 Å². The second kappa shape index (κ2) is 11.4. The normalized spacial score (nSPS) is 14.4. The van der Waals surface area contributed by atoms with Crippen LogP contribution in [0.3, 0.4) is 0 Å². The van der Waals surface area contributed by atoms with E-state index in [2.05, 4.69) is 195 Å². The number of nitrogens with zero attached hydrogens (tertiary/aromatic N) is 1. The SMILES string of the molecule is CC1(C)c2ccccc2C2(c3ccccc3-c3ccccc32)c2cc(-c3cccc(N(c4ccccc4)c4ccc5c(c4)oc4ccccc45)c3)ccc21. The van der Waals surface area contributed by atoms with Gasteiger partial charge >= 0.3 is 0 Å². The number of para-hydroxylation sites is 2. The van der Waals surface area contributed by atoms with E-state index in [1.807, 2.05) is 12.1 Å². The highest BCUT2D eigenvalue weighted by Crippen LogP contribution is 2.62. The van der Waals surface area contributed by atoms with Crippen LogP contribution in [0.1, 0.15) is 47.2 Å². The molecule has 2 heteroatoms. The standard InChI is InChI=1S/C52H37NO/c1-51(2)45-24-11-12-25-47(45)52(43-22-9-6-19-39(43)40-20-7-10-23-44(40)52)48-32-35(27-30-46(48)51)34-15-14-18-37(31-34)53(36-16-4-3-5-17-36)38-28-29-42-41-21-8-13-26-49(41)54-50(42)33-38/h3-33H,1-2H3. The topological polar surface area (TPSA) is 16.4 Å². The maximum absolute atomic E-state index is 6.37. The lowest BCUT2D eigenvalue weighted by atomic mass is 9.55. The van der Waals surface area contributed by atoms with E-state index in [9.17, 15) is 0 Å². The fraction of sp³-hybridized carbons (Fsp3) is 0.0769. The van der Waals surface area contributed by atoms with Crippen molar-refractivity contribution < 1.29 is 4.42 Å². The molecule has 11 rings (SSSR count). The predicted octanol–water partition coefficient (Wildman–Crippen LogP) is 13.7. The van der Waals surface area contributed by atoms with Gasteiger partial charge in [0.15, 0.2) is 0 Å². The van der Waals surface area contributed by atoms with Gasteiger partial charge in [0.05, 0.1) is 5.41 Å². The fourth-order valence-corrected chi connectivity index (χ4v) is 9.74. The Balaban J connectivity index is 1.12. The van der Waals surface area contributed by atoms with Crippen LogP contribution in [0.25, 0.3) is 44.2 Å². The van der Waals surface area contributed by atoms with E-state index in [0.29, 0.717) is 0 Å². The van der Waals surface area contributed by atoms with Gasteiger partial charge in [-0.05, 0) is 104 Å². The number of fused-ring (bicyclic) bond motifs is 12. The molecule has 0 saturated heterocycles. The largest absolute Gasteiger partial charge is 0.456 e. The van der Waals surface area contributed by atoms with Crippen molar-refractivity contribution in [3.63, 3.8) is 0 Å². The number of rotatable bonds is 4. The van der Waals surface area contributed by atoms with Crippen LogP contribution < -0.4 is 4.90 Å². The summed E-state index contributed by atoms with van der Waals surface area (Å²) in [5.74, 6) is 0. The average Bonchev–Trinajstić information content (AvgIpc) is 3.74. The van der Waals surface area contributed by atoms with E-state index in [-0.39, 0.29) is 5.41 Å². The van der Waals surface area contributed by atoms with Gasteiger partial charge in [-0.1, -0.05) is 147 Å². The van der Waals surface area contributed by atoms with E-state index in [1.165, 1.54) is 55.6 Å². The van der Waals surface area contributed by atoms with Gasteiger partial charge in [0, 0.05) is 39.3 Å². The number of benzene rings is 8. The Labute approximate surface area is 315 Å². The first-order chi connectivity index (χ1) is 26.5. The van der Waals surface area contributed by atoms with Gasteiger partial charge in [-0.2, -0.15) is 0 Å². The predicted molar refractivity (Wildman–Crippen MR) is 223 cm³/mol. The number of hydrogen-bond donors (Lipinski definition) is 0. The molecule has 2 nitrogen and oxygen atoms in total. The molecule has 2 aliphatic carbocycles. The lowest BCUT2D eigenvalue weighted by molar-refractivity contribution is 0.563. The fourth-order valence-electron chi connectivity index (χ4n) is 9.74. The molecule has 0 N–H and O–H groups in total. The quantitative estimate of drug-likeness (QED) is 0.183. The summed E-state index contributed by atoms with van der Waals surface area (Å²) in [4.78, 5) is 2.33. The lowest BCUT2D eigenvalue weighted by Gasteiger charge is -2.47. The maximum Gasteiger partial charge on any atom is 0.137 e. The number of anilines is 3. The van der Waals surface area contributed by atoms with Crippen LogP contribution in [-0.2, 0) is 10.8 Å². The molecular weight excluding hydrogens is 655 g/mol. The summed E-state index contributed by atoms with van der Waals surface area (Å²) in [6, 6.07) is 69.0. The van der Waals surface area contributed by atoms with Gasteiger partial charge < -0.3 is 9.32 Å². The van der Waals surface area contributed by atoms with E-state index in [1.54, 1.807) is 0 Å². The molecule has 0 saturated carbocycles. The summed E-state index contributed by atoms with van der Waals surface area (Å²) in [7, 11) is 0. The van der Waals surface area contributed by atoms with E-state index >= 15 is 0 Å². The summed E-state index contributed by atoms with van der Waals surface area (Å²) in [5, 5.41) is 2.26. The molecule has 0 atom stereocenters. The van der Waals surface area contributed by atoms with E-state index in [0.717, 1.165) is 39.0 Å². The summed E-state index contributed by atoms with van der Waals surface area (Å²) < 4.78 is 6.37. The molecule has 1 aromatic heterocycles. The highest BCUT2D eigenvalue weighted by molar-refractivity contribution is 6.06. The summed E-state index contributed by atoms with van der Waals surface area (Å²) >= 11 is 0. The Morgan fingerprint density at radius 1 is 0.370 bits per heavy atom. The minimum atomic E-state index is -0.430. The molecule has 8 aromatic carbocycles. The molecule has 54 heavy (non-hydrogen) atoms. The van der Waals surface area contributed by atoms with Crippen molar-refractivity contribution in [2.24, 2.45) is 0 Å². The van der Waals surface area contributed by atoms with Gasteiger partial charge in [-0.3, -0.25) is 0 Å². The minimum Gasteiger partial charge on any atom is -0.456 e. The van der Waals surface area contributed by atoms with Crippen LogP contribution in [0, 0.1) is 0 Å². The molecular formula is C52H37NO. The number of hydrogen-bond acceptors (Lipinski definition) is 2. The highest BCUT2D eigenvalue weighted by atomic mass is 16.3. The first-order valence-electron chi connectivity index (χ1n) is 18.8. The summed E-state index contributed by atoms with van der Waals surface area (Å²) in [5.41, 5.74) is 17.6. The highest BCUT2D eigenvalue weighted by Gasteiger charge is 2.53. The monoisotopic (exact) mass is 691 g/mol. The van der Waals surface area contributed by atoms with Crippen molar-refractivity contribution in [1.82, 2.24) is 0 Å². The molecule has 256 valence electrons. The molecule has 9 aromatic rings. The molecule has 0 radical (unpaired) electrons. The molecule has 0 aliphatic heterocycles. The molecule has 1 spiro atoms. The minimum absolute atomic E-state index is 0.177. The third-order valence-corrected chi connectivity index (χ3v) is 12.1. The van der Waals surface area contributed by atoms with Crippen LogP contribution in [0.4, 0.5) is 17.1 Å². The number of furan rings is 1. The van der Waals surface area contributed by atoms with Crippen molar-refractivity contribution in [2.75, 3.05) is 4.90 Å². The summed E-state index contributed by atoms with van der Waals surface area (Å²) in [6.45, 7) is 4.78. The molecule has 0 amide bonds. The Morgan fingerprint density at radius 3 is 1.72 bits per heavy atom. The van der Waals surface area contributed by atoms with Gasteiger partial charge in [0.1, 0.15) is 11.2 Å². The zero-order chi connectivity index (χ0) is 36.0. The van der Waals surface area contributed by atoms with Crippen molar-refractivity contribution >= 4 is 39.0 Å². The zero-order valence-electron chi connectivity index (χ0n) is 30.3. The van der Waals surface area contributed by atoms with E-state index < -0.39 is 5.41 Å². The Morgan fingerprint density at radius 2 is 0.944 bits per heavy atom. The first-order valence-corrected chi connectivity index (χ1v) is 18.8. The molecule has 1 heterocycles. The van der Waals surface area contributed by atoms with Crippen LogP contribution in [0.15, 0.2) is 192 Å². The second-order valence-corrected chi connectivity index (χ2v) is 15.3. The second-order valence-electron chi connectivity index (χ2n) is 15.3. The first kappa shape index (κ1) is 30.9. The van der Waals surface area contributed by atoms with Gasteiger partial charge in [-0.15, -0.1) is 0 Å². The van der Waals surface area contributed by atoms with Crippen molar-refractivity contribution in [3.8, 4) is 22.3 Å². The van der Waals surface area contributed by atoms with Gasteiger partial charge in [-0.25, -0.2) is 0 Å². The van der Waals surface area contributed by atoms with Crippen molar-refractivity contribution in [1.29, 1.82) is 0 Å². The third kappa shape index (κ3) is 4.22. The Hall–Kier alpha value is -6.64. The van der Waals surface area contributed by atoms with Crippen LogP contribution in [0.5, 0.6) is 0 Å². The van der Waals surface area contributed by atoms with Crippen LogP contribution >= 0.6 is 0 Å². The van der Waals surface area contributed by atoms with Crippen LogP contribution in [0.2, 0.25) is 0 Å². The smallest absolute Gasteiger partial charge is 0.137 e. The van der Waals surface area contributed by atoms with Gasteiger partial charge in [0.2, 0.25) is 0 Å². The average molecular weight is 692 g/mol. The molecule has 2 aliphatic rings. The molecule has 0 fully saturated rings. The van der Waals surface area contributed by atoms with Crippen molar-refractivity contribution in [3.05, 3.63) is 221 Å². The Kier molecular flexibility index (Phi) is 6.55. The van der Waals surface area contributed by atoms with E-state index in [4.69, 9.17) is 4.42 Å². The third-order valence-electron chi connectivity index (χ3n) is 12.1. The Bertz CT molecular complexity index is 2890. The molecule has 0 unspecified atom stereocenters. The lowest BCUT2D eigenvalue weighted by Crippen LogP contribution is -2.40.